The standard InChI is InChI=1S/C17H14N4O3/c18-8-15(9-19)13(11-4-3-7-22-11)23-17-6-2-1-5-12(17)16(15,10-20)14(21)24-17/h3-4,7,12-13,21H,1-2,5-6H2/t12-,13+,16+,17+/m0/s1. The number of nitriles is 3. The van der Waals surface area contributed by atoms with E-state index in [1.54, 1.807) is 12.1 Å². The summed E-state index contributed by atoms with van der Waals surface area (Å²) in [6.07, 6.45) is 3.12. The second-order valence-electron chi connectivity index (χ2n) is 6.51. The maximum atomic E-state index is 10.0. The van der Waals surface area contributed by atoms with Crippen LogP contribution in [0.1, 0.15) is 37.5 Å². The van der Waals surface area contributed by atoms with Gasteiger partial charge in [0.05, 0.1) is 30.4 Å². The van der Waals surface area contributed by atoms with Crippen molar-refractivity contribution in [3.8, 4) is 18.2 Å². The Morgan fingerprint density at radius 3 is 2.58 bits per heavy atom. The summed E-state index contributed by atoms with van der Waals surface area (Å²) in [5.41, 5.74) is -3.56. The summed E-state index contributed by atoms with van der Waals surface area (Å²) in [6, 6.07) is 9.36. The van der Waals surface area contributed by atoms with Crippen LogP contribution in [-0.4, -0.2) is 11.7 Å². The normalized spacial score (nSPS) is 39.0. The van der Waals surface area contributed by atoms with Crippen molar-refractivity contribution in [3.05, 3.63) is 24.2 Å². The molecule has 0 amide bonds. The topological polar surface area (TPSA) is 127 Å². The smallest absolute Gasteiger partial charge is 0.217 e. The molecule has 2 bridgehead atoms. The van der Waals surface area contributed by atoms with Gasteiger partial charge in [0.2, 0.25) is 17.1 Å². The fourth-order valence-electron chi connectivity index (χ4n) is 4.56. The molecule has 1 aromatic rings. The van der Waals surface area contributed by atoms with Gasteiger partial charge in [-0.2, -0.15) is 15.8 Å². The Hall–Kier alpha value is -2.82. The highest BCUT2D eigenvalue weighted by Gasteiger charge is 2.80. The van der Waals surface area contributed by atoms with Gasteiger partial charge in [0, 0.05) is 6.42 Å². The molecule has 1 N–H and O–H groups in total. The fraction of sp³-hybridized carbons (Fsp3) is 0.529. The lowest BCUT2D eigenvalue weighted by Gasteiger charge is -2.50. The van der Waals surface area contributed by atoms with Gasteiger partial charge in [0.1, 0.15) is 5.76 Å². The van der Waals surface area contributed by atoms with Crippen molar-refractivity contribution in [1.82, 2.24) is 0 Å². The molecule has 0 unspecified atom stereocenters. The van der Waals surface area contributed by atoms with E-state index in [0.717, 1.165) is 12.8 Å². The molecule has 3 fully saturated rings. The number of hydrogen-bond acceptors (Lipinski definition) is 7. The Labute approximate surface area is 138 Å². The van der Waals surface area contributed by atoms with Crippen molar-refractivity contribution in [3.63, 3.8) is 0 Å². The van der Waals surface area contributed by atoms with Crippen LogP contribution in [0.4, 0.5) is 0 Å². The molecule has 1 aliphatic carbocycles. The predicted molar refractivity (Wildman–Crippen MR) is 77.7 cm³/mol. The summed E-state index contributed by atoms with van der Waals surface area (Å²) >= 11 is 0. The van der Waals surface area contributed by atoms with Gasteiger partial charge in [-0.1, -0.05) is 6.42 Å². The Kier molecular flexibility index (Phi) is 2.83. The third-order valence-corrected chi connectivity index (χ3v) is 5.62. The molecule has 3 aliphatic rings. The maximum Gasteiger partial charge on any atom is 0.217 e. The molecule has 4 rings (SSSR count). The zero-order valence-electron chi connectivity index (χ0n) is 12.8. The van der Waals surface area contributed by atoms with Crippen LogP contribution >= 0.6 is 0 Å². The number of ether oxygens (including phenoxy) is 2. The molecule has 0 aromatic carbocycles. The average Bonchev–Trinajstić information content (AvgIpc) is 3.19. The Morgan fingerprint density at radius 1 is 1.17 bits per heavy atom. The third-order valence-electron chi connectivity index (χ3n) is 5.62. The van der Waals surface area contributed by atoms with Crippen LogP contribution in [0.3, 0.4) is 0 Å². The first kappa shape index (κ1) is 14.8. The Morgan fingerprint density at radius 2 is 1.96 bits per heavy atom. The van der Waals surface area contributed by atoms with E-state index in [0.29, 0.717) is 18.6 Å². The van der Waals surface area contributed by atoms with E-state index >= 15 is 0 Å². The fourth-order valence-corrected chi connectivity index (χ4v) is 4.56. The summed E-state index contributed by atoms with van der Waals surface area (Å²) in [5.74, 6) is -1.70. The van der Waals surface area contributed by atoms with Crippen LogP contribution in [-0.2, 0) is 9.47 Å². The molecular formula is C17H14N4O3. The number of nitrogens with zero attached hydrogens (tertiary/aromatic N) is 3. The van der Waals surface area contributed by atoms with E-state index in [-0.39, 0.29) is 5.90 Å². The zero-order valence-corrected chi connectivity index (χ0v) is 12.8. The third kappa shape index (κ3) is 1.36. The minimum Gasteiger partial charge on any atom is -0.466 e. The molecule has 24 heavy (non-hydrogen) atoms. The molecule has 0 radical (unpaired) electrons. The van der Waals surface area contributed by atoms with Crippen LogP contribution in [0.15, 0.2) is 22.8 Å². The molecule has 120 valence electrons. The molecule has 7 heteroatoms. The first-order valence-electron chi connectivity index (χ1n) is 7.83. The van der Waals surface area contributed by atoms with Gasteiger partial charge in [0.15, 0.2) is 11.5 Å². The number of hydrogen-bond donors (Lipinski definition) is 1. The molecule has 2 aliphatic heterocycles. The van der Waals surface area contributed by atoms with Crippen molar-refractivity contribution >= 4 is 5.90 Å². The van der Waals surface area contributed by atoms with Crippen molar-refractivity contribution in [2.45, 2.75) is 37.6 Å². The lowest BCUT2D eigenvalue weighted by atomic mass is 9.52. The summed E-state index contributed by atoms with van der Waals surface area (Å²) in [4.78, 5) is 0. The van der Waals surface area contributed by atoms with Gasteiger partial charge in [-0.05, 0) is 25.0 Å². The highest BCUT2D eigenvalue weighted by molar-refractivity contribution is 5.89. The van der Waals surface area contributed by atoms with E-state index in [1.807, 2.05) is 12.1 Å². The Bertz CT molecular complexity index is 813. The lowest BCUT2D eigenvalue weighted by molar-refractivity contribution is -0.297. The quantitative estimate of drug-likeness (QED) is 0.846. The Balaban J connectivity index is 2.02. The molecular weight excluding hydrogens is 308 g/mol. The van der Waals surface area contributed by atoms with Crippen molar-refractivity contribution in [2.24, 2.45) is 16.7 Å². The number of nitrogens with one attached hydrogen (secondary N) is 1. The first-order valence-corrected chi connectivity index (χ1v) is 7.83. The zero-order chi connectivity index (χ0) is 17.0. The summed E-state index contributed by atoms with van der Waals surface area (Å²) in [6.45, 7) is 0. The predicted octanol–water partition coefficient (Wildman–Crippen LogP) is 2.79. The average molecular weight is 322 g/mol. The van der Waals surface area contributed by atoms with Gasteiger partial charge in [0.25, 0.3) is 0 Å². The van der Waals surface area contributed by atoms with Crippen molar-refractivity contribution < 1.29 is 13.9 Å². The van der Waals surface area contributed by atoms with Crippen LogP contribution in [0.25, 0.3) is 0 Å². The first-order chi connectivity index (χ1) is 11.6. The van der Waals surface area contributed by atoms with E-state index in [9.17, 15) is 15.8 Å². The van der Waals surface area contributed by atoms with Gasteiger partial charge >= 0.3 is 0 Å². The highest BCUT2D eigenvalue weighted by Crippen LogP contribution is 2.69. The SMILES string of the molecule is N#CC1(C#N)[C@@H](c2ccco2)O[C@@]23CCCC[C@H]2[C@]1(C#N)C(=N)O3. The van der Waals surface area contributed by atoms with E-state index in [1.165, 1.54) is 6.26 Å². The lowest BCUT2D eigenvalue weighted by Crippen LogP contribution is -2.60. The second kappa shape index (κ2) is 4.60. The van der Waals surface area contributed by atoms with Gasteiger partial charge in [-0.25, -0.2) is 0 Å². The molecule has 1 aromatic heterocycles. The molecule has 4 atom stereocenters. The number of rotatable bonds is 1. The van der Waals surface area contributed by atoms with Crippen LogP contribution in [0.5, 0.6) is 0 Å². The maximum absolute atomic E-state index is 10.0. The van der Waals surface area contributed by atoms with Crippen molar-refractivity contribution in [2.75, 3.05) is 0 Å². The number of furan rings is 1. The molecule has 3 heterocycles. The molecule has 0 spiro atoms. The largest absolute Gasteiger partial charge is 0.466 e. The summed E-state index contributed by atoms with van der Waals surface area (Å²) < 4.78 is 17.3. The summed E-state index contributed by atoms with van der Waals surface area (Å²) in [5, 5.41) is 38.2. The highest BCUT2D eigenvalue weighted by atomic mass is 16.7. The van der Waals surface area contributed by atoms with Crippen LogP contribution in [0.2, 0.25) is 0 Å². The van der Waals surface area contributed by atoms with Crippen molar-refractivity contribution in [1.29, 1.82) is 21.2 Å². The van der Waals surface area contributed by atoms with Gasteiger partial charge in [-0.15, -0.1) is 0 Å². The monoisotopic (exact) mass is 322 g/mol. The van der Waals surface area contributed by atoms with Crippen LogP contribution in [0, 0.1) is 56.2 Å². The summed E-state index contributed by atoms with van der Waals surface area (Å²) in [7, 11) is 0. The van der Waals surface area contributed by atoms with Gasteiger partial charge < -0.3 is 13.9 Å². The minimum absolute atomic E-state index is 0.291. The van der Waals surface area contributed by atoms with E-state index in [4.69, 9.17) is 19.3 Å². The molecule has 1 saturated carbocycles. The van der Waals surface area contributed by atoms with E-state index in [2.05, 4.69) is 6.07 Å². The molecule has 7 nitrogen and oxygen atoms in total. The molecule has 2 saturated heterocycles. The minimum atomic E-state index is -1.90. The van der Waals surface area contributed by atoms with Gasteiger partial charge in [-0.3, -0.25) is 5.41 Å². The second-order valence-corrected chi connectivity index (χ2v) is 6.51. The van der Waals surface area contributed by atoms with E-state index < -0.39 is 28.6 Å². The van der Waals surface area contributed by atoms with Crippen LogP contribution < -0.4 is 0 Å².